The molecule has 1 aliphatic rings. The normalized spacial score (nSPS) is 21.6. The number of hydrogen-bond acceptors (Lipinski definition) is 5. The molecule has 0 fully saturated rings. The molecule has 0 saturated heterocycles. The van der Waals surface area contributed by atoms with Crippen LogP contribution in [-0.2, 0) is 6.54 Å². The van der Waals surface area contributed by atoms with Crippen LogP contribution in [0.4, 0.5) is 0 Å². The summed E-state index contributed by atoms with van der Waals surface area (Å²) < 4.78 is 4.71. The van der Waals surface area contributed by atoms with Crippen LogP contribution in [0.2, 0.25) is 0 Å². The summed E-state index contributed by atoms with van der Waals surface area (Å²) >= 11 is 1.77. The molecule has 1 unspecified atom stereocenters. The highest BCUT2D eigenvalue weighted by Crippen LogP contribution is 2.18. The van der Waals surface area contributed by atoms with Gasteiger partial charge in [-0.25, -0.2) is 0 Å². The maximum Gasteiger partial charge on any atom is 0.157 e. The Kier molecular flexibility index (Phi) is 2.54. The van der Waals surface area contributed by atoms with E-state index in [1.807, 2.05) is 6.07 Å². The van der Waals surface area contributed by atoms with Gasteiger partial charge in [0.1, 0.15) is 12.0 Å². The predicted molar refractivity (Wildman–Crippen MR) is 52.7 cm³/mol. The largest absolute Gasteiger partial charge is 0.364 e. The minimum absolute atomic E-state index is 0.597. The van der Waals surface area contributed by atoms with Gasteiger partial charge < -0.3 is 9.84 Å². The van der Waals surface area contributed by atoms with Crippen molar-refractivity contribution in [2.45, 2.75) is 18.7 Å². The van der Waals surface area contributed by atoms with Gasteiger partial charge in [0.25, 0.3) is 0 Å². The molecule has 0 aliphatic carbocycles. The van der Waals surface area contributed by atoms with Gasteiger partial charge in [-0.3, -0.25) is 4.99 Å². The number of rotatable bonds is 2. The van der Waals surface area contributed by atoms with Gasteiger partial charge in [0.2, 0.25) is 0 Å². The standard InChI is InChI=1S/C8H11N3OS/c1-6-4-9-8(13-6)10-5-7-2-3-12-11-7/h2-3,6H,4-5H2,1H3,(H,9,10). The third-order valence-electron chi connectivity index (χ3n) is 1.72. The van der Waals surface area contributed by atoms with E-state index >= 15 is 0 Å². The molecule has 2 rings (SSSR count). The number of nitrogens with one attached hydrogen (secondary N) is 1. The van der Waals surface area contributed by atoms with Crippen molar-refractivity contribution >= 4 is 16.9 Å². The molecule has 70 valence electrons. The van der Waals surface area contributed by atoms with Gasteiger partial charge >= 0.3 is 0 Å². The Morgan fingerprint density at radius 2 is 2.69 bits per heavy atom. The molecular weight excluding hydrogens is 186 g/mol. The first-order valence-corrected chi connectivity index (χ1v) is 5.07. The van der Waals surface area contributed by atoms with Crippen molar-refractivity contribution in [3.8, 4) is 0 Å². The first-order chi connectivity index (χ1) is 6.34. The summed E-state index contributed by atoms with van der Waals surface area (Å²) in [5.41, 5.74) is 0.905. The fourth-order valence-corrected chi connectivity index (χ4v) is 1.90. The van der Waals surface area contributed by atoms with Gasteiger partial charge in [0, 0.05) is 11.3 Å². The van der Waals surface area contributed by atoms with Gasteiger partial charge in [-0.05, 0) is 0 Å². The van der Waals surface area contributed by atoms with Crippen molar-refractivity contribution in [1.29, 1.82) is 0 Å². The number of thioether (sulfide) groups is 1. The molecule has 1 N–H and O–H groups in total. The summed E-state index contributed by atoms with van der Waals surface area (Å²) in [5, 5.41) is 8.61. The van der Waals surface area contributed by atoms with Crippen molar-refractivity contribution in [2.75, 3.05) is 6.54 Å². The Morgan fingerprint density at radius 3 is 3.31 bits per heavy atom. The van der Waals surface area contributed by atoms with Crippen molar-refractivity contribution in [2.24, 2.45) is 4.99 Å². The first-order valence-electron chi connectivity index (χ1n) is 4.19. The second-order valence-corrected chi connectivity index (χ2v) is 4.35. The summed E-state index contributed by atoms with van der Waals surface area (Å²) in [4.78, 5) is 4.33. The molecule has 0 spiro atoms. The van der Waals surface area contributed by atoms with Gasteiger partial charge in [-0.2, -0.15) is 0 Å². The SMILES string of the molecule is CC1CN=C(NCc2ccon2)S1. The third kappa shape index (κ3) is 2.24. The lowest BCUT2D eigenvalue weighted by Crippen LogP contribution is -2.18. The molecule has 1 aromatic heterocycles. The molecule has 0 bridgehead atoms. The highest BCUT2D eigenvalue weighted by molar-refractivity contribution is 8.14. The lowest BCUT2D eigenvalue weighted by atomic mass is 10.4. The van der Waals surface area contributed by atoms with E-state index in [0.29, 0.717) is 11.8 Å². The lowest BCUT2D eigenvalue weighted by Gasteiger charge is -2.02. The zero-order valence-electron chi connectivity index (χ0n) is 7.36. The van der Waals surface area contributed by atoms with E-state index in [-0.39, 0.29) is 0 Å². The van der Waals surface area contributed by atoms with Crippen molar-refractivity contribution < 1.29 is 4.52 Å². The van der Waals surface area contributed by atoms with Crippen LogP contribution >= 0.6 is 11.8 Å². The van der Waals surface area contributed by atoms with E-state index in [2.05, 4.69) is 22.4 Å². The van der Waals surface area contributed by atoms with E-state index in [1.165, 1.54) is 0 Å². The van der Waals surface area contributed by atoms with Crippen LogP contribution in [0, 0.1) is 0 Å². The molecular formula is C8H11N3OS. The molecule has 4 nitrogen and oxygen atoms in total. The summed E-state index contributed by atoms with van der Waals surface area (Å²) in [6.07, 6.45) is 1.57. The number of aliphatic imine (C=N–C) groups is 1. The molecule has 2 heterocycles. The monoisotopic (exact) mass is 197 g/mol. The zero-order chi connectivity index (χ0) is 9.10. The molecule has 5 heteroatoms. The van der Waals surface area contributed by atoms with Crippen molar-refractivity contribution in [3.63, 3.8) is 0 Å². The lowest BCUT2D eigenvalue weighted by molar-refractivity contribution is 0.411. The fourth-order valence-electron chi connectivity index (χ4n) is 1.07. The Morgan fingerprint density at radius 1 is 1.77 bits per heavy atom. The Balaban J connectivity index is 1.81. The van der Waals surface area contributed by atoms with Gasteiger partial charge in [0.15, 0.2) is 5.17 Å². The van der Waals surface area contributed by atoms with E-state index < -0.39 is 0 Å². The molecule has 1 aromatic rings. The molecule has 0 aromatic carbocycles. The predicted octanol–water partition coefficient (Wildman–Crippen LogP) is 1.26. The second-order valence-electron chi connectivity index (χ2n) is 2.92. The summed E-state index contributed by atoms with van der Waals surface area (Å²) in [6, 6.07) is 1.84. The Hall–Kier alpha value is -0.970. The van der Waals surface area contributed by atoms with Crippen molar-refractivity contribution in [3.05, 3.63) is 18.0 Å². The number of amidine groups is 1. The maximum atomic E-state index is 4.71. The first kappa shape index (κ1) is 8.62. The van der Waals surface area contributed by atoms with Crippen LogP contribution in [0.25, 0.3) is 0 Å². The summed E-state index contributed by atoms with van der Waals surface area (Å²) in [6.45, 7) is 3.76. The topological polar surface area (TPSA) is 50.4 Å². The zero-order valence-corrected chi connectivity index (χ0v) is 8.17. The Labute approximate surface area is 80.8 Å². The van der Waals surface area contributed by atoms with Crippen LogP contribution in [0.15, 0.2) is 21.8 Å². The minimum atomic E-state index is 0.597. The summed E-state index contributed by atoms with van der Waals surface area (Å²) in [5.74, 6) is 0. The number of nitrogens with zero attached hydrogens (tertiary/aromatic N) is 2. The number of aromatic nitrogens is 1. The fraction of sp³-hybridized carbons (Fsp3) is 0.500. The molecule has 13 heavy (non-hydrogen) atoms. The third-order valence-corrected chi connectivity index (χ3v) is 2.76. The molecule has 1 atom stereocenters. The van der Waals surface area contributed by atoms with Gasteiger partial charge in [-0.1, -0.05) is 23.8 Å². The molecule has 0 radical (unpaired) electrons. The van der Waals surface area contributed by atoms with Crippen LogP contribution < -0.4 is 5.32 Å². The van der Waals surface area contributed by atoms with Crippen molar-refractivity contribution in [1.82, 2.24) is 10.5 Å². The second kappa shape index (κ2) is 3.83. The maximum absolute atomic E-state index is 4.71. The number of hydrogen-bond donors (Lipinski definition) is 1. The molecule has 0 amide bonds. The van der Waals surface area contributed by atoms with Gasteiger partial charge in [0.05, 0.1) is 13.1 Å². The van der Waals surface area contributed by atoms with E-state index in [4.69, 9.17) is 4.52 Å². The van der Waals surface area contributed by atoms with Crippen LogP contribution in [0.3, 0.4) is 0 Å². The Bertz CT molecular complexity index is 296. The average Bonchev–Trinajstić information content (AvgIpc) is 2.71. The van der Waals surface area contributed by atoms with E-state index in [0.717, 1.165) is 17.4 Å². The highest BCUT2D eigenvalue weighted by Gasteiger charge is 2.14. The van der Waals surface area contributed by atoms with E-state index in [1.54, 1.807) is 18.0 Å². The quantitative estimate of drug-likeness (QED) is 0.775. The highest BCUT2D eigenvalue weighted by atomic mass is 32.2. The van der Waals surface area contributed by atoms with Crippen LogP contribution in [-0.4, -0.2) is 22.1 Å². The van der Waals surface area contributed by atoms with E-state index in [9.17, 15) is 0 Å². The summed E-state index contributed by atoms with van der Waals surface area (Å²) in [7, 11) is 0. The van der Waals surface area contributed by atoms with Crippen LogP contribution in [0.5, 0.6) is 0 Å². The smallest absolute Gasteiger partial charge is 0.157 e. The van der Waals surface area contributed by atoms with Crippen LogP contribution in [0.1, 0.15) is 12.6 Å². The minimum Gasteiger partial charge on any atom is -0.364 e. The average molecular weight is 197 g/mol. The van der Waals surface area contributed by atoms with Gasteiger partial charge in [-0.15, -0.1) is 0 Å². The molecule has 0 saturated carbocycles. The molecule has 1 aliphatic heterocycles.